The molecule has 0 fully saturated rings. The maximum atomic E-state index is 7.33. The van der Waals surface area contributed by atoms with Crippen LogP contribution in [0.15, 0.2) is 0 Å². The summed E-state index contributed by atoms with van der Waals surface area (Å²) < 4.78 is 0. The molecule has 0 spiro atoms. The Bertz CT molecular complexity index is 27.2. The zero-order chi connectivity index (χ0) is 4.50. The quantitative estimate of drug-likeness (QED) is 0.351. The molecule has 0 unspecified atom stereocenters. The summed E-state index contributed by atoms with van der Waals surface area (Å²) in [6.07, 6.45) is 0. The molecule has 7 heavy (non-hydrogen) atoms. The van der Waals surface area contributed by atoms with E-state index >= 15 is 0 Å². The van der Waals surface area contributed by atoms with Crippen molar-refractivity contribution in [2.45, 2.75) is 0 Å². The molecule has 4 N–H and O–H groups in total. The number of hydrogen-bond donors (Lipinski definition) is 4. The van der Waals surface area contributed by atoms with E-state index in [-0.39, 0.29) is 32.0 Å². The Morgan fingerprint density at radius 3 is 0.857 bits per heavy atom. The predicted octanol–water partition coefficient (Wildman–Crippen LogP) is -3.37. The second-order valence-corrected chi connectivity index (χ2v) is 1.80. The zero-order valence-electron chi connectivity index (χ0n) is 3.40. The molecule has 2 radical (unpaired) electrons. The molecular formula is H7FO4PbSi. The standard InChI is InChI=1S/FH.H4O4Si.Pb.2H/c;1-5(2,3)4;;;/h1H;1-4H;;;. The van der Waals surface area contributed by atoms with Crippen LogP contribution in [0.3, 0.4) is 0 Å². The van der Waals surface area contributed by atoms with Crippen LogP contribution in [0.5, 0.6) is 0 Å². The third-order valence-electron chi connectivity index (χ3n) is 0. The fourth-order valence-corrected chi connectivity index (χ4v) is 0. The molecule has 0 saturated carbocycles. The molecule has 0 atom stereocenters. The predicted molar refractivity (Wildman–Crippen MR) is 25.7 cm³/mol. The summed E-state index contributed by atoms with van der Waals surface area (Å²) in [5.74, 6) is 0. The topological polar surface area (TPSA) is 80.9 Å². The van der Waals surface area contributed by atoms with E-state index in [1.165, 1.54) is 0 Å². The molecule has 0 amide bonds. The van der Waals surface area contributed by atoms with Crippen LogP contribution in [0.25, 0.3) is 0 Å². The Morgan fingerprint density at radius 2 is 0.857 bits per heavy atom. The molecule has 0 saturated heterocycles. The van der Waals surface area contributed by atoms with Gasteiger partial charge in [0.25, 0.3) is 0 Å². The Morgan fingerprint density at radius 1 is 0.857 bits per heavy atom. The van der Waals surface area contributed by atoms with Crippen molar-refractivity contribution in [1.29, 1.82) is 0 Å². The molecule has 0 bridgehead atoms. The number of hydrogen-bond acceptors (Lipinski definition) is 4. The third kappa shape index (κ3) is 202. The zero-order valence-corrected chi connectivity index (χ0v) is 9.90. The molecule has 0 rings (SSSR count). The van der Waals surface area contributed by atoms with Gasteiger partial charge in [0, 0.05) is 0 Å². The molecule has 0 aliphatic carbocycles. The van der Waals surface area contributed by atoms with E-state index in [0.29, 0.717) is 0 Å². The van der Waals surface area contributed by atoms with Crippen LogP contribution in [0.4, 0.5) is 4.70 Å². The second-order valence-electron chi connectivity index (χ2n) is 0.600. The van der Waals surface area contributed by atoms with Crippen molar-refractivity contribution in [1.82, 2.24) is 0 Å². The first kappa shape index (κ1) is 15.7. The van der Waals surface area contributed by atoms with E-state index in [4.69, 9.17) is 19.2 Å². The van der Waals surface area contributed by atoms with Gasteiger partial charge in [0.15, 0.2) is 0 Å². The molecular weight excluding hydrogens is 318 g/mol. The molecule has 0 aliphatic rings. The van der Waals surface area contributed by atoms with E-state index in [2.05, 4.69) is 0 Å². The fraction of sp³-hybridized carbons (Fsp3) is 0. The van der Waals surface area contributed by atoms with Crippen LogP contribution in [0.1, 0.15) is 0 Å². The maximum absolute atomic E-state index is 7.33. The van der Waals surface area contributed by atoms with E-state index in [1.54, 1.807) is 0 Å². The van der Waals surface area contributed by atoms with Crippen molar-refractivity contribution in [3.05, 3.63) is 0 Å². The average Bonchev–Trinajstić information content (AvgIpc) is 0.722. The molecule has 0 aromatic rings. The van der Waals surface area contributed by atoms with Crippen LogP contribution in [-0.2, 0) is 0 Å². The normalized spacial score (nSPS) is 8.57. The third-order valence-corrected chi connectivity index (χ3v) is 0. The first-order valence-corrected chi connectivity index (χ1v) is 2.68. The Labute approximate surface area is 60.4 Å². The van der Waals surface area contributed by atoms with Crippen molar-refractivity contribution in [3.63, 3.8) is 0 Å². The Hall–Kier alpha value is 0.909. The van der Waals surface area contributed by atoms with Crippen molar-refractivity contribution >= 4 is 36.3 Å². The van der Waals surface area contributed by atoms with Gasteiger partial charge in [-0.25, -0.2) is 0 Å². The molecule has 4 nitrogen and oxygen atoms in total. The fourth-order valence-electron chi connectivity index (χ4n) is 0. The van der Waals surface area contributed by atoms with E-state index in [9.17, 15) is 0 Å². The summed E-state index contributed by atoms with van der Waals surface area (Å²) in [6, 6.07) is 0. The van der Waals surface area contributed by atoms with Gasteiger partial charge in [-0.3, -0.25) is 4.70 Å². The molecule has 46 valence electrons. The van der Waals surface area contributed by atoms with E-state index in [1.807, 2.05) is 0 Å². The van der Waals surface area contributed by atoms with Gasteiger partial charge < -0.3 is 19.2 Å². The Balaban J connectivity index is -0.0000000800. The van der Waals surface area contributed by atoms with Gasteiger partial charge in [0.05, 0.1) is 0 Å². The minimum atomic E-state index is -4.61. The molecule has 0 heterocycles. The summed E-state index contributed by atoms with van der Waals surface area (Å²) in [5.41, 5.74) is 0. The van der Waals surface area contributed by atoms with Crippen LogP contribution >= 0.6 is 0 Å². The monoisotopic (exact) mass is 326 g/mol. The number of halogens is 1. The first-order valence-electron chi connectivity index (χ1n) is 0.894. The van der Waals surface area contributed by atoms with Crippen LogP contribution < -0.4 is 0 Å². The molecule has 0 aromatic heterocycles. The van der Waals surface area contributed by atoms with Gasteiger partial charge in [0.2, 0.25) is 0 Å². The van der Waals surface area contributed by atoms with Crippen LogP contribution in [-0.4, -0.2) is 55.5 Å². The van der Waals surface area contributed by atoms with Gasteiger partial charge in [-0.1, -0.05) is 0 Å². The van der Waals surface area contributed by atoms with Crippen LogP contribution in [0, 0.1) is 0 Å². The SMILES string of the molecule is F.O[Si](O)(O)O.[PbH2]. The van der Waals surface area contributed by atoms with Crippen molar-refractivity contribution in [2.24, 2.45) is 0 Å². The summed E-state index contributed by atoms with van der Waals surface area (Å²) in [5, 5.41) is 0. The van der Waals surface area contributed by atoms with Gasteiger partial charge in [-0.15, -0.1) is 0 Å². The summed E-state index contributed by atoms with van der Waals surface area (Å²) in [7, 11) is -4.61. The summed E-state index contributed by atoms with van der Waals surface area (Å²) in [6.45, 7) is 0. The molecule has 7 heteroatoms. The van der Waals surface area contributed by atoms with E-state index < -0.39 is 9.05 Å². The van der Waals surface area contributed by atoms with Crippen molar-refractivity contribution in [2.75, 3.05) is 0 Å². The second kappa shape index (κ2) is 5.05. The van der Waals surface area contributed by atoms with Gasteiger partial charge in [0.1, 0.15) is 0 Å². The Kier molecular flexibility index (Phi) is 11.3. The van der Waals surface area contributed by atoms with Crippen molar-refractivity contribution in [3.8, 4) is 0 Å². The first-order chi connectivity index (χ1) is 2.00. The van der Waals surface area contributed by atoms with Crippen LogP contribution in [0.2, 0.25) is 0 Å². The summed E-state index contributed by atoms with van der Waals surface area (Å²) >= 11 is 0. The van der Waals surface area contributed by atoms with Gasteiger partial charge in [-0.05, 0) is 0 Å². The average molecular weight is 325 g/mol. The van der Waals surface area contributed by atoms with E-state index in [0.717, 1.165) is 0 Å². The molecule has 0 aliphatic heterocycles. The van der Waals surface area contributed by atoms with Crippen molar-refractivity contribution < 1.29 is 23.9 Å². The summed E-state index contributed by atoms with van der Waals surface area (Å²) in [4.78, 5) is 29.3. The minimum absolute atomic E-state index is 0. The van der Waals surface area contributed by atoms with Gasteiger partial charge >= 0.3 is 36.3 Å². The van der Waals surface area contributed by atoms with Gasteiger partial charge in [-0.2, -0.15) is 0 Å². The number of rotatable bonds is 0. The molecule has 0 aromatic carbocycles.